The molecule has 0 aliphatic carbocycles. The van der Waals surface area contributed by atoms with Crippen LogP contribution in [0.1, 0.15) is 17.5 Å². The summed E-state index contributed by atoms with van der Waals surface area (Å²) in [6, 6.07) is 7.45. The summed E-state index contributed by atoms with van der Waals surface area (Å²) in [5.41, 5.74) is -0.530. The number of rotatable bonds is 6. The van der Waals surface area contributed by atoms with E-state index in [1.165, 1.54) is 0 Å². The Morgan fingerprint density at radius 2 is 2.07 bits per heavy atom. The van der Waals surface area contributed by atoms with Crippen LogP contribution in [-0.2, 0) is 16.0 Å². The topological polar surface area (TPSA) is 71.1 Å². The van der Waals surface area contributed by atoms with Gasteiger partial charge in [0.2, 0.25) is 0 Å². The molecule has 1 aliphatic heterocycles. The van der Waals surface area contributed by atoms with Gasteiger partial charge < -0.3 is 10.6 Å². The Balaban J connectivity index is 1.78. The quantitative estimate of drug-likeness (QED) is 0.685. The molecule has 156 valence electrons. The number of halogens is 4. The van der Waals surface area contributed by atoms with Crippen LogP contribution in [0.4, 0.5) is 24.7 Å². The van der Waals surface area contributed by atoms with E-state index in [2.05, 4.69) is 22.2 Å². The number of alkyl halides is 3. The van der Waals surface area contributed by atoms with E-state index in [1.54, 1.807) is 24.3 Å². The van der Waals surface area contributed by atoms with Crippen molar-refractivity contribution in [3.63, 3.8) is 0 Å². The van der Waals surface area contributed by atoms with Crippen LogP contribution in [0.3, 0.4) is 0 Å². The van der Waals surface area contributed by atoms with E-state index in [1.807, 2.05) is 0 Å². The zero-order valence-corrected chi connectivity index (χ0v) is 16.8. The Morgan fingerprint density at radius 3 is 2.69 bits per heavy atom. The van der Waals surface area contributed by atoms with Crippen molar-refractivity contribution in [2.24, 2.45) is 5.92 Å². The fourth-order valence-corrected chi connectivity index (χ4v) is 5.16. The first kappa shape index (κ1) is 21.4. The van der Waals surface area contributed by atoms with Gasteiger partial charge in [-0.25, -0.2) is 13.4 Å². The van der Waals surface area contributed by atoms with Crippen molar-refractivity contribution in [1.29, 1.82) is 0 Å². The molecule has 1 aromatic carbocycles. The lowest BCUT2D eigenvalue weighted by atomic mass is 10.1. The zero-order valence-electron chi connectivity index (χ0n) is 15.3. The maximum atomic E-state index is 13.6. The Morgan fingerprint density at radius 1 is 1.31 bits per heavy atom. The molecule has 1 unspecified atom stereocenters. The first-order valence-corrected chi connectivity index (χ1v) is 11.0. The SMILES string of the molecule is C=C(NCC1CCS(=O)(=O)C1)c1cnc(Nc2cccc(Cl)c2)cc1C(F)(F)F. The number of pyridine rings is 1. The number of aromatic nitrogens is 1. The van der Waals surface area contributed by atoms with E-state index < -0.39 is 21.6 Å². The molecule has 1 atom stereocenters. The van der Waals surface area contributed by atoms with E-state index in [-0.39, 0.29) is 41.0 Å². The Kier molecular flexibility index (Phi) is 6.09. The summed E-state index contributed by atoms with van der Waals surface area (Å²) in [7, 11) is -3.06. The van der Waals surface area contributed by atoms with Crippen LogP contribution >= 0.6 is 11.6 Å². The molecule has 2 heterocycles. The number of nitrogens with one attached hydrogen (secondary N) is 2. The molecule has 0 amide bonds. The number of sulfone groups is 1. The largest absolute Gasteiger partial charge is 0.417 e. The van der Waals surface area contributed by atoms with E-state index in [0.717, 1.165) is 12.3 Å². The molecule has 10 heteroatoms. The van der Waals surface area contributed by atoms with Crippen molar-refractivity contribution in [3.8, 4) is 0 Å². The van der Waals surface area contributed by atoms with Crippen LogP contribution in [0.2, 0.25) is 5.02 Å². The minimum absolute atomic E-state index is 0.0121. The van der Waals surface area contributed by atoms with Crippen LogP contribution < -0.4 is 10.6 Å². The highest BCUT2D eigenvalue weighted by molar-refractivity contribution is 7.91. The molecule has 0 spiro atoms. The molecule has 0 bridgehead atoms. The van der Waals surface area contributed by atoms with Gasteiger partial charge in [-0.3, -0.25) is 0 Å². The van der Waals surface area contributed by atoms with Gasteiger partial charge in [0.05, 0.1) is 17.1 Å². The zero-order chi connectivity index (χ0) is 21.2. The molecule has 0 saturated carbocycles. The van der Waals surface area contributed by atoms with Crippen LogP contribution in [0.25, 0.3) is 5.70 Å². The highest BCUT2D eigenvalue weighted by Crippen LogP contribution is 2.35. The molecule has 2 N–H and O–H groups in total. The summed E-state index contributed by atoms with van der Waals surface area (Å²) in [6.45, 7) is 3.92. The second kappa shape index (κ2) is 8.23. The minimum atomic E-state index is -4.62. The number of hydrogen-bond donors (Lipinski definition) is 2. The third-order valence-electron chi connectivity index (χ3n) is 4.56. The molecule has 3 rings (SSSR count). The number of benzene rings is 1. The normalized spacial score (nSPS) is 18.4. The van der Waals surface area contributed by atoms with Crippen molar-refractivity contribution >= 4 is 38.6 Å². The molecule has 1 aliphatic rings. The van der Waals surface area contributed by atoms with Gasteiger partial charge in [0, 0.05) is 34.7 Å². The van der Waals surface area contributed by atoms with Crippen molar-refractivity contribution < 1.29 is 21.6 Å². The summed E-state index contributed by atoms with van der Waals surface area (Å²) in [6.07, 6.45) is -3.05. The van der Waals surface area contributed by atoms with Gasteiger partial charge in [-0.1, -0.05) is 24.2 Å². The van der Waals surface area contributed by atoms with E-state index >= 15 is 0 Å². The lowest BCUT2D eigenvalue weighted by Gasteiger charge is -2.18. The number of nitrogens with zero attached hydrogens (tertiary/aromatic N) is 1. The smallest absolute Gasteiger partial charge is 0.385 e. The molecule has 29 heavy (non-hydrogen) atoms. The molecular formula is C19H19ClF3N3O2S. The van der Waals surface area contributed by atoms with Crippen molar-refractivity contribution in [3.05, 3.63) is 59.3 Å². The summed E-state index contributed by atoms with van der Waals surface area (Å²) in [5.74, 6) is -0.00795. The Labute approximate surface area is 171 Å². The maximum absolute atomic E-state index is 13.6. The molecule has 1 fully saturated rings. The monoisotopic (exact) mass is 445 g/mol. The van der Waals surface area contributed by atoms with Gasteiger partial charge >= 0.3 is 6.18 Å². The standard InChI is InChI=1S/C19H19ClF3N3O2S/c1-12(24-9-13-5-6-29(27,28)11-13)16-10-25-18(8-17(16)19(21,22)23)26-15-4-2-3-14(20)7-15/h2-4,7-8,10,13,24H,1,5-6,9,11H2,(H,25,26). The van der Waals surface area contributed by atoms with Gasteiger partial charge in [0.25, 0.3) is 0 Å². The molecule has 0 radical (unpaired) electrons. The Hall–Kier alpha value is -2.26. The third kappa shape index (κ3) is 5.63. The predicted molar refractivity (Wildman–Crippen MR) is 108 cm³/mol. The number of hydrogen-bond acceptors (Lipinski definition) is 5. The fraction of sp³-hybridized carbons (Fsp3) is 0.316. The van der Waals surface area contributed by atoms with Crippen molar-refractivity contribution in [2.75, 3.05) is 23.4 Å². The molecule has 2 aromatic rings. The fourth-order valence-electron chi connectivity index (χ4n) is 3.11. The van der Waals surface area contributed by atoms with Crippen molar-refractivity contribution in [1.82, 2.24) is 10.3 Å². The van der Waals surface area contributed by atoms with Gasteiger partial charge in [-0.15, -0.1) is 0 Å². The first-order valence-electron chi connectivity index (χ1n) is 8.77. The van der Waals surface area contributed by atoms with E-state index in [9.17, 15) is 21.6 Å². The average molecular weight is 446 g/mol. The second-order valence-corrected chi connectivity index (χ2v) is 9.54. The van der Waals surface area contributed by atoms with Gasteiger partial charge in [0.15, 0.2) is 9.84 Å². The average Bonchev–Trinajstić information content (AvgIpc) is 2.98. The summed E-state index contributed by atoms with van der Waals surface area (Å²) >= 11 is 5.89. The summed E-state index contributed by atoms with van der Waals surface area (Å²) < 4.78 is 63.9. The lowest BCUT2D eigenvalue weighted by molar-refractivity contribution is -0.137. The lowest BCUT2D eigenvalue weighted by Crippen LogP contribution is -2.23. The van der Waals surface area contributed by atoms with E-state index in [4.69, 9.17) is 11.6 Å². The third-order valence-corrected chi connectivity index (χ3v) is 6.63. The van der Waals surface area contributed by atoms with Crippen LogP contribution in [0.15, 0.2) is 43.1 Å². The molecule has 1 saturated heterocycles. The minimum Gasteiger partial charge on any atom is -0.385 e. The summed E-state index contributed by atoms with van der Waals surface area (Å²) in [4.78, 5) is 4.05. The van der Waals surface area contributed by atoms with Crippen LogP contribution in [0, 0.1) is 5.92 Å². The maximum Gasteiger partial charge on any atom is 0.417 e. The second-order valence-electron chi connectivity index (χ2n) is 6.88. The van der Waals surface area contributed by atoms with Gasteiger partial charge in [0.1, 0.15) is 5.82 Å². The predicted octanol–water partition coefficient (Wildman–Crippen LogP) is 4.49. The van der Waals surface area contributed by atoms with Crippen LogP contribution in [0.5, 0.6) is 0 Å². The van der Waals surface area contributed by atoms with E-state index in [0.29, 0.717) is 17.1 Å². The Bertz CT molecular complexity index is 1030. The molecule has 5 nitrogen and oxygen atoms in total. The van der Waals surface area contributed by atoms with Gasteiger partial charge in [-0.05, 0) is 36.6 Å². The van der Waals surface area contributed by atoms with Gasteiger partial charge in [-0.2, -0.15) is 13.2 Å². The molecule has 1 aromatic heterocycles. The van der Waals surface area contributed by atoms with Crippen LogP contribution in [-0.4, -0.2) is 31.5 Å². The van der Waals surface area contributed by atoms with Crippen molar-refractivity contribution in [2.45, 2.75) is 12.6 Å². The molecular weight excluding hydrogens is 427 g/mol. The summed E-state index contributed by atoms with van der Waals surface area (Å²) in [5, 5.41) is 6.07. The number of anilines is 2. The first-order chi connectivity index (χ1) is 13.5. The highest BCUT2D eigenvalue weighted by atomic mass is 35.5. The highest BCUT2D eigenvalue weighted by Gasteiger charge is 2.35.